The van der Waals surface area contributed by atoms with Gasteiger partial charge in [-0.25, -0.2) is 0 Å². The number of pyridine rings is 1. The quantitative estimate of drug-likeness (QED) is 0.494. The summed E-state index contributed by atoms with van der Waals surface area (Å²) in [6.45, 7) is 0.421. The summed E-state index contributed by atoms with van der Waals surface area (Å²) < 4.78 is 0. The molecular formula is C24H28N2O3. The second-order valence-electron chi connectivity index (χ2n) is 8.06. The molecule has 4 N–H and O–H groups in total. The Morgan fingerprint density at radius 2 is 1.93 bits per heavy atom. The Kier molecular flexibility index (Phi) is 5.97. The number of aromatic hydroxyl groups is 1. The first-order chi connectivity index (χ1) is 14.1. The van der Waals surface area contributed by atoms with Gasteiger partial charge in [-0.15, -0.1) is 0 Å². The zero-order valence-corrected chi connectivity index (χ0v) is 16.5. The molecule has 0 spiro atoms. The summed E-state index contributed by atoms with van der Waals surface area (Å²) in [6, 6.07) is 17.2. The SMILES string of the molecule is O=c1ccc2c([C@@H](O)CN[C@H]3CCC[C@H]3CCc3ccccc3)cc(O)cc2[nH]1. The maximum absolute atomic E-state index is 11.6. The molecule has 2 aromatic carbocycles. The number of phenols is 1. The number of hydrogen-bond donors (Lipinski definition) is 4. The van der Waals surface area contributed by atoms with Crippen LogP contribution >= 0.6 is 0 Å². The molecule has 0 unspecified atom stereocenters. The molecule has 1 aliphatic rings. The number of aliphatic hydroxyl groups excluding tert-OH is 1. The number of rotatable bonds is 7. The Morgan fingerprint density at radius 3 is 2.76 bits per heavy atom. The summed E-state index contributed by atoms with van der Waals surface area (Å²) >= 11 is 0. The maximum Gasteiger partial charge on any atom is 0.248 e. The Bertz CT molecular complexity index is 1020. The molecule has 3 aromatic rings. The van der Waals surface area contributed by atoms with E-state index in [4.69, 9.17) is 0 Å². The van der Waals surface area contributed by atoms with Crippen LogP contribution in [-0.4, -0.2) is 27.8 Å². The second-order valence-corrected chi connectivity index (χ2v) is 8.06. The summed E-state index contributed by atoms with van der Waals surface area (Å²) in [5, 5.41) is 25.1. The molecule has 4 rings (SSSR count). The highest BCUT2D eigenvalue weighted by molar-refractivity contribution is 5.84. The number of aliphatic hydroxyl groups is 1. The molecule has 1 aromatic heterocycles. The fourth-order valence-corrected chi connectivity index (χ4v) is 4.58. The minimum atomic E-state index is -0.758. The van der Waals surface area contributed by atoms with Crippen molar-refractivity contribution in [1.29, 1.82) is 0 Å². The van der Waals surface area contributed by atoms with Crippen molar-refractivity contribution in [2.24, 2.45) is 5.92 Å². The van der Waals surface area contributed by atoms with E-state index in [9.17, 15) is 15.0 Å². The largest absolute Gasteiger partial charge is 0.508 e. The van der Waals surface area contributed by atoms with Crippen LogP contribution in [0.1, 0.15) is 42.9 Å². The summed E-state index contributed by atoms with van der Waals surface area (Å²) in [4.78, 5) is 14.3. The summed E-state index contributed by atoms with van der Waals surface area (Å²) in [6.07, 6.45) is 5.02. The van der Waals surface area contributed by atoms with Crippen molar-refractivity contribution < 1.29 is 10.2 Å². The standard InChI is InChI=1S/C24H28N2O3/c27-18-13-20(19-11-12-24(29)26-22(19)14-18)23(28)15-25-21-8-4-7-17(21)10-9-16-5-2-1-3-6-16/h1-3,5-6,11-14,17,21,23,25,27-28H,4,7-10,15H2,(H,26,29)/t17-,21-,23-/m0/s1. The lowest BCUT2D eigenvalue weighted by Gasteiger charge is -2.23. The van der Waals surface area contributed by atoms with Gasteiger partial charge in [0.25, 0.3) is 0 Å². The van der Waals surface area contributed by atoms with Gasteiger partial charge in [0.2, 0.25) is 5.56 Å². The number of aromatic nitrogens is 1. The second kappa shape index (κ2) is 8.80. The van der Waals surface area contributed by atoms with Crippen molar-refractivity contribution >= 4 is 10.9 Å². The van der Waals surface area contributed by atoms with Crippen LogP contribution in [-0.2, 0) is 6.42 Å². The zero-order valence-electron chi connectivity index (χ0n) is 16.5. The number of nitrogens with one attached hydrogen (secondary N) is 2. The maximum atomic E-state index is 11.6. The number of H-pyrrole nitrogens is 1. The van der Waals surface area contributed by atoms with Crippen LogP contribution in [0.4, 0.5) is 0 Å². The highest BCUT2D eigenvalue weighted by Crippen LogP contribution is 2.31. The third kappa shape index (κ3) is 4.69. The molecule has 1 aliphatic carbocycles. The molecule has 3 atom stereocenters. The fraction of sp³-hybridized carbons (Fsp3) is 0.375. The van der Waals surface area contributed by atoms with E-state index in [1.54, 1.807) is 12.1 Å². The van der Waals surface area contributed by atoms with Crippen molar-refractivity contribution in [1.82, 2.24) is 10.3 Å². The molecule has 29 heavy (non-hydrogen) atoms. The normalized spacial score (nSPS) is 20.2. The van der Waals surface area contributed by atoms with E-state index >= 15 is 0 Å². The van der Waals surface area contributed by atoms with E-state index in [1.165, 1.54) is 30.5 Å². The van der Waals surface area contributed by atoms with Gasteiger partial charge in [-0.05, 0) is 54.9 Å². The van der Waals surface area contributed by atoms with Crippen molar-refractivity contribution in [2.45, 2.75) is 44.2 Å². The Labute approximate surface area is 170 Å². The van der Waals surface area contributed by atoms with E-state index in [-0.39, 0.29) is 11.3 Å². The third-order valence-electron chi connectivity index (χ3n) is 6.09. The topological polar surface area (TPSA) is 85.3 Å². The number of phenolic OH excluding ortho intramolecular Hbond substituents is 1. The molecule has 5 heteroatoms. The van der Waals surface area contributed by atoms with Crippen LogP contribution in [0.15, 0.2) is 59.4 Å². The predicted octanol–water partition coefficient (Wildman–Crippen LogP) is 3.66. The van der Waals surface area contributed by atoms with Gasteiger partial charge in [0.1, 0.15) is 5.75 Å². The highest BCUT2D eigenvalue weighted by Gasteiger charge is 2.27. The predicted molar refractivity (Wildman–Crippen MR) is 115 cm³/mol. The van der Waals surface area contributed by atoms with Gasteiger partial charge in [0.05, 0.1) is 11.6 Å². The molecule has 0 amide bonds. The van der Waals surface area contributed by atoms with Gasteiger partial charge < -0.3 is 20.5 Å². The van der Waals surface area contributed by atoms with Gasteiger partial charge in [-0.3, -0.25) is 4.79 Å². The zero-order chi connectivity index (χ0) is 20.2. The van der Waals surface area contributed by atoms with E-state index in [0.29, 0.717) is 29.6 Å². The molecule has 1 fully saturated rings. The van der Waals surface area contributed by atoms with E-state index in [2.05, 4.69) is 34.6 Å². The van der Waals surface area contributed by atoms with Crippen LogP contribution < -0.4 is 10.9 Å². The van der Waals surface area contributed by atoms with Crippen molar-refractivity contribution in [3.05, 3.63) is 76.1 Å². The van der Waals surface area contributed by atoms with Crippen molar-refractivity contribution in [3.63, 3.8) is 0 Å². The average molecular weight is 392 g/mol. The lowest BCUT2D eigenvalue weighted by atomic mass is 9.94. The minimum Gasteiger partial charge on any atom is -0.508 e. The Hall–Kier alpha value is -2.63. The molecule has 0 aliphatic heterocycles. The van der Waals surface area contributed by atoms with E-state index in [0.717, 1.165) is 24.6 Å². The Morgan fingerprint density at radius 1 is 1.10 bits per heavy atom. The first-order valence-corrected chi connectivity index (χ1v) is 10.4. The van der Waals surface area contributed by atoms with Gasteiger partial charge in [-0.2, -0.15) is 0 Å². The minimum absolute atomic E-state index is 0.0370. The number of fused-ring (bicyclic) bond motifs is 1. The molecule has 152 valence electrons. The number of aromatic amines is 1. The molecular weight excluding hydrogens is 364 g/mol. The molecule has 0 bridgehead atoms. The summed E-state index contributed by atoms with van der Waals surface area (Å²) in [5.74, 6) is 0.648. The van der Waals surface area contributed by atoms with Crippen LogP contribution in [0.25, 0.3) is 10.9 Å². The van der Waals surface area contributed by atoms with Gasteiger partial charge in [0, 0.05) is 30.1 Å². The van der Waals surface area contributed by atoms with Crippen LogP contribution in [0.3, 0.4) is 0 Å². The molecule has 5 nitrogen and oxygen atoms in total. The van der Waals surface area contributed by atoms with Crippen LogP contribution in [0.5, 0.6) is 5.75 Å². The van der Waals surface area contributed by atoms with Gasteiger partial charge in [-0.1, -0.05) is 36.8 Å². The number of benzene rings is 2. The lowest BCUT2D eigenvalue weighted by Crippen LogP contribution is -2.35. The summed E-state index contributed by atoms with van der Waals surface area (Å²) in [5.41, 5.74) is 2.31. The first kappa shape index (κ1) is 19.7. The Balaban J connectivity index is 1.40. The smallest absolute Gasteiger partial charge is 0.248 e. The molecule has 0 radical (unpaired) electrons. The van der Waals surface area contributed by atoms with Gasteiger partial charge in [0.15, 0.2) is 0 Å². The number of aryl methyl sites for hydroxylation is 1. The highest BCUT2D eigenvalue weighted by atomic mass is 16.3. The fourth-order valence-electron chi connectivity index (χ4n) is 4.58. The van der Waals surface area contributed by atoms with Crippen LogP contribution in [0, 0.1) is 5.92 Å². The monoisotopic (exact) mass is 392 g/mol. The lowest BCUT2D eigenvalue weighted by molar-refractivity contribution is 0.166. The van der Waals surface area contributed by atoms with Crippen molar-refractivity contribution in [2.75, 3.05) is 6.54 Å². The van der Waals surface area contributed by atoms with Crippen molar-refractivity contribution in [3.8, 4) is 5.75 Å². The molecule has 0 saturated heterocycles. The molecule has 1 saturated carbocycles. The van der Waals surface area contributed by atoms with E-state index < -0.39 is 6.10 Å². The number of hydrogen-bond acceptors (Lipinski definition) is 4. The molecule has 1 heterocycles. The van der Waals surface area contributed by atoms with Crippen LogP contribution in [0.2, 0.25) is 0 Å². The average Bonchev–Trinajstić information content (AvgIpc) is 3.17. The van der Waals surface area contributed by atoms with Gasteiger partial charge >= 0.3 is 0 Å². The third-order valence-corrected chi connectivity index (χ3v) is 6.09. The summed E-state index contributed by atoms with van der Waals surface area (Å²) in [7, 11) is 0. The first-order valence-electron chi connectivity index (χ1n) is 10.4. The van der Waals surface area contributed by atoms with E-state index in [1.807, 2.05) is 6.07 Å².